The minimum atomic E-state index is -0.324. The lowest BCUT2D eigenvalue weighted by Crippen LogP contribution is -2.30. The maximum absolute atomic E-state index is 13.0. The molecule has 1 aliphatic rings. The predicted octanol–water partition coefficient (Wildman–Crippen LogP) is 4.95. The highest BCUT2D eigenvalue weighted by Crippen LogP contribution is 2.43. The fraction of sp³-hybridized carbons (Fsp3) is 0.292. The Bertz CT molecular complexity index is 1050. The summed E-state index contributed by atoms with van der Waals surface area (Å²) in [5.74, 6) is 0.957. The number of benzene rings is 2. The monoisotopic (exact) mass is 403 g/mol. The Morgan fingerprint density at radius 2 is 1.80 bits per heavy atom. The molecular formula is C24H25N3O3. The Balaban J connectivity index is 1.58. The first kappa shape index (κ1) is 19.9. The number of hydrogen-bond acceptors (Lipinski definition) is 4. The minimum absolute atomic E-state index is 0.0532. The predicted molar refractivity (Wildman–Crippen MR) is 116 cm³/mol. The normalized spacial score (nSPS) is 13.1. The van der Waals surface area contributed by atoms with E-state index in [1.165, 1.54) is 0 Å². The summed E-state index contributed by atoms with van der Waals surface area (Å²) in [5.41, 5.74) is 2.26. The van der Waals surface area contributed by atoms with Crippen molar-refractivity contribution in [3.05, 3.63) is 71.6 Å². The zero-order chi connectivity index (χ0) is 21.1. The zero-order valence-corrected chi connectivity index (χ0v) is 17.2. The third kappa shape index (κ3) is 4.13. The lowest BCUT2D eigenvalue weighted by molar-refractivity contribution is 0.0772. The van der Waals surface area contributed by atoms with Crippen LogP contribution in [0, 0.1) is 0 Å². The number of aromatic nitrogens is 1. The summed E-state index contributed by atoms with van der Waals surface area (Å²) in [6, 6.07) is 16.6. The van der Waals surface area contributed by atoms with Crippen LogP contribution in [0.3, 0.4) is 0 Å². The van der Waals surface area contributed by atoms with Gasteiger partial charge in [-0.25, -0.2) is 4.98 Å². The van der Waals surface area contributed by atoms with Crippen LogP contribution in [0.2, 0.25) is 0 Å². The number of nitrogens with one attached hydrogen (secondary N) is 1. The number of rotatable bonds is 7. The van der Waals surface area contributed by atoms with E-state index >= 15 is 0 Å². The number of carbonyl (C=O) groups excluding carboxylic acids is 2. The van der Waals surface area contributed by atoms with Gasteiger partial charge in [-0.2, -0.15) is 0 Å². The lowest BCUT2D eigenvalue weighted by Gasteiger charge is -2.19. The van der Waals surface area contributed by atoms with Crippen molar-refractivity contribution in [1.29, 1.82) is 0 Å². The molecule has 154 valence electrons. The van der Waals surface area contributed by atoms with Crippen molar-refractivity contribution in [2.45, 2.75) is 32.6 Å². The Morgan fingerprint density at radius 3 is 2.47 bits per heavy atom. The fourth-order valence-electron chi connectivity index (χ4n) is 3.43. The van der Waals surface area contributed by atoms with Gasteiger partial charge in [-0.05, 0) is 57.0 Å². The molecule has 2 amide bonds. The molecule has 1 heterocycles. The Hall–Kier alpha value is -3.41. The first-order valence-electron chi connectivity index (χ1n) is 10.4. The fourth-order valence-corrected chi connectivity index (χ4v) is 3.43. The van der Waals surface area contributed by atoms with Crippen LogP contribution >= 0.6 is 0 Å². The van der Waals surface area contributed by atoms with Gasteiger partial charge in [0.15, 0.2) is 5.69 Å². The lowest BCUT2D eigenvalue weighted by atomic mass is 10.1. The molecule has 1 N–H and O–H groups in total. The quantitative estimate of drug-likeness (QED) is 0.605. The van der Waals surface area contributed by atoms with Crippen molar-refractivity contribution in [2.75, 3.05) is 18.4 Å². The Labute approximate surface area is 175 Å². The minimum Gasteiger partial charge on any atom is -0.440 e. The first-order valence-corrected chi connectivity index (χ1v) is 10.4. The van der Waals surface area contributed by atoms with Gasteiger partial charge in [-0.3, -0.25) is 9.59 Å². The zero-order valence-electron chi connectivity index (χ0n) is 17.2. The van der Waals surface area contributed by atoms with Crippen LogP contribution in [0.25, 0.3) is 11.5 Å². The Morgan fingerprint density at radius 1 is 1.07 bits per heavy atom. The summed E-state index contributed by atoms with van der Waals surface area (Å²) in [7, 11) is 0. The molecular weight excluding hydrogens is 378 g/mol. The smallest absolute Gasteiger partial charge is 0.277 e. The van der Waals surface area contributed by atoms with Gasteiger partial charge >= 0.3 is 0 Å². The SMILES string of the molecule is CCN(CC)C(=O)c1cccc(NC(=O)c2nc(-c3ccccc3)oc2C2CC2)c1. The van der Waals surface area contributed by atoms with E-state index in [2.05, 4.69) is 10.3 Å². The summed E-state index contributed by atoms with van der Waals surface area (Å²) in [6.07, 6.45) is 2.00. The molecule has 0 saturated heterocycles. The van der Waals surface area contributed by atoms with Crippen LogP contribution in [0.4, 0.5) is 5.69 Å². The summed E-state index contributed by atoms with van der Waals surface area (Å²) < 4.78 is 5.97. The molecule has 0 aliphatic heterocycles. The number of nitrogens with zero attached hydrogens (tertiary/aromatic N) is 2. The molecule has 1 aromatic heterocycles. The van der Waals surface area contributed by atoms with E-state index < -0.39 is 0 Å². The topological polar surface area (TPSA) is 75.4 Å². The molecule has 2 aromatic carbocycles. The summed E-state index contributed by atoms with van der Waals surface area (Å²) in [5, 5.41) is 2.88. The molecule has 6 heteroatoms. The Kier molecular flexibility index (Phi) is 5.65. The highest BCUT2D eigenvalue weighted by atomic mass is 16.4. The maximum atomic E-state index is 13.0. The van der Waals surface area contributed by atoms with Gasteiger partial charge in [0, 0.05) is 35.8 Å². The van der Waals surface area contributed by atoms with Crippen LogP contribution in [-0.4, -0.2) is 34.8 Å². The van der Waals surface area contributed by atoms with Crippen molar-refractivity contribution in [2.24, 2.45) is 0 Å². The third-order valence-corrected chi connectivity index (χ3v) is 5.26. The largest absolute Gasteiger partial charge is 0.440 e. The molecule has 30 heavy (non-hydrogen) atoms. The van der Waals surface area contributed by atoms with Gasteiger partial charge < -0.3 is 14.6 Å². The van der Waals surface area contributed by atoms with Gasteiger partial charge in [0.1, 0.15) is 5.76 Å². The van der Waals surface area contributed by atoms with E-state index in [-0.39, 0.29) is 17.7 Å². The number of oxazole rings is 1. The number of anilines is 1. The number of amides is 2. The number of hydrogen-bond donors (Lipinski definition) is 1. The molecule has 1 aliphatic carbocycles. The second-order valence-corrected chi connectivity index (χ2v) is 7.38. The second kappa shape index (κ2) is 8.53. The third-order valence-electron chi connectivity index (χ3n) is 5.26. The van der Waals surface area contributed by atoms with E-state index in [1.54, 1.807) is 29.2 Å². The van der Waals surface area contributed by atoms with Crippen LogP contribution in [0.5, 0.6) is 0 Å². The molecule has 0 radical (unpaired) electrons. The second-order valence-electron chi connectivity index (χ2n) is 7.38. The van der Waals surface area contributed by atoms with Gasteiger partial charge in [-0.15, -0.1) is 0 Å². The van der Waals surface area contributed by atoms with Gasteiger partial charge in [0.05, 0.1) is 0 Å². The average Bonchev–Trinajstić information content (AvgIpc) is 3.53. The molecule has 1 saturated carbocycles. The molecule has 0 atom stereocenters. The van der Waals surface area contributed by atoms with Crippen LogP contribution in [0.15, 0.2) is 59.0 Å². The van der Waals surface area contributed by atoms with E-state index in [0.29, 0.717) is 41.7 Å². The standard InChI is InChI=1S/C24H25N3O3/c1-3-27(4-2)24(29)18-11-8-12-19(15-18)25-22(28)20-21(16-13-14-16)30-23(26-20)17-9-6-5-7-10-17/h5-12,15-16H,3-4,13-14H2,1-2H3,(H,25,28). The molecule has 4 rings (SSSR count). The van der Waals surface area contributed by atoms with Crippen LogP contribution in [-0.2, 0) is 0 Å². The van der Waals surface area contributed by atoms with E-state index in [9.17, 15) is 9.59 Å². The highest BCUT2D eigenvalue weighted by Gasteiger charge is 2.34. The van der Waals surface area contributed by atoms with Gasteiger partial charge in [-0.1, -0.05) is 24.3 Å². The first-order chi connectivity index (χ1) is 14.6. The average molecular weight is 403 g/mol. The van der Waals surface area contributed by atoms with Crippen molar-refractivity contribution in [3.8, 4) is 11.5 Å². The van der Waals surface area contributed by atoms with Gasteiger partial charge in [0.2, 0.25) is 5.89 Å². The molecule has 0 bridgehead atoms. The highest BCUT2D eigenvalue weighted by molar-refractivity contribution is 6.05. The summed E-state index contributed by atoms with van der Waals surface area (Å²) in [4.78, 5) is 31.9. The van der Waals surface area contributed by atoms with Crippen molar-refractivity contribution >= 4 is 17.5 Å². The summed E-state index contributed by atoms with van der Waals surface area (Å²) in [6.45, 7) is 5.17. The maximum Gasteiger partial charge on any atom is 0.277 e. The molecule has 3 aromatic rings. The van der Waals surface area contributed by atoms with E-state index in [1.807, 2.05) is 44.2 Å². The van der Waals surface area contributed by atoms with E-state index in [4.69, 9.17) is 4.42 Å². The van der Waals surface area contributed by atoms with Crippen LogP contribution in [0.1, 0.15) is 59.2 Å². The van der Waals surface area contributed by atoms with Crippen molar-refractivity contribution in [3.63, 3.8) is 0 Å². The van der Waals surface area contributed by atoms with Crippen LogP contribution < -0.4 is 5.32 Å². The van der Waals surface area contributed by atoms with Crippen molar-refractivity contribution in [1.82, 2.24) is 9.88 Å². The van der Waals surface area contributed by atoms with E-state index in [0.717, 1.165) is 18.4 Å². The van der Waals surface area contributed by atoms with Gasteiger partial charge in [0.25, 0.3) is 11.8 Å². The molecule has 6 nitrogen and oxygen atoms in total. The molecule has 0 spiro atoms. The van der Waals surface area contributed by atoms with Crippen molar-refractivity contribution < 1.29 is 14.0 Å². The summed E-state index contributed by atoms with van der Waals surface area (Å²) >= 11 is 0. The number of carbonyl (C=O) groups is 2. The molecule has 1 fully saturated rings. The molecule has 0 unspecified atom stereocenters.